The van der Waals surface area contributed by atoms with Crippen LogP contribution in [-0.2, 0) is 11.3 Å². The second-order valence-corrected chi connectivity index (χ2v) is 8.78. The Labute approximate surface area is 169 Å². The number of carbonyl (C=O) groups is 1. The fourth-order valence-corrected chi connectivity index (χ4v) is 4.60. The van der Waals surface area contributed by atoms with Crippen LogP contribution in [0.4, 0.5) is 5.13 Å². The Morgan fingerprint density at radius 2 is 1.96 bits per heavy atom. The first-order valence-corrected chi connectivity index (χ1v) is 11.3. The summed E-state index contributed by atoms with van der Waals surface area (Å²) >= 11 is 3.01. The van der Waals surface area contributed by atoms with E-state index in [4.69, 9.17) is 0 Å². The van der Waals surface area contributed by atoms with Gasteiger partial charge in [0.15, 0.2) is 4.34 Å². The number of amides is 1. The van der Waals surface area contributed by atoms with Gasteiger partial charge in [-0.15, -0.1) is 10.2 Å². The summed E-state index contributed by atoms with van der Waals surface area (Å²) in [7, 11) is 0. The molecule has 0 radical (unpaired) electrons. The zero-order chi connectivity index (χ0) is 18.9. The van der Waals surface area contributed by atoms with Crippen molar-refractivity contribution >= 4 is 34.1 Å². The Morgan fingerprint density at radius 1 is 1.19 bits per heavy atom. The summed E-state index contributed by atoms with van der Waals surface area (Å²) < 4.78 is 0.852. The number of hydrogen-bond donors (Lipinski definition) is 1. The molecule has 0 spiro atoms. The smallest absolute Gasteiger partial charge is 0.233 e. The number of aromatic nitrogens is 2. The van der Waals surface area contributed by atoms with E-state index < -0.39 is 0 Å². The van der Waals surface area contributed by atoms with Crippen molar-refractivity contribution < 1.29 is 4.79 Å². The van der Waals surface area contributed by atoms with Gasteiger partial charge in [-0.25, -0.2) is 0 Å². The number of hydrogen-bond acceptors (Lipinski definition) is 7. The van der Waals surface area contributed by atoms with E-state index in [-0.39, 0.29) is 5.91 Å². The van der Waals surface area contributed by atoms with Crippen molar-refractivity contribution in [3.8, 4) is 0 Å². The quantitative estimate of drug-likeness (QED) is 0.511. The summed E-state index contributed by atoms with van der Waals surface area (Å²) in [5.74, 6) is 0.623. The van der Waals surface area contributed by atoms with Gasteiger partial charge in [-0.3, -0.25) is 9.69 Å². The molecule has 1 aliphatic heterocycles. The molecule has 146 valence electrons. The van der Waals surface area contributed by atoms with E-state index in [0.29, 0.717) is 5.75 Å². The first-order chi connectivity index (χ1) is 13.2. The molecule has 6 nitrogen and oxygen atoms in total. The van der Waals surface area contributed by atoms with Gasteiger partial charge >= 0.3 is 0 Å². The van der Waals surface area contributed by atoms with Crippen molar-refractivity contribution in [2.45, 2.75) is 30.6 Å². The van der Waals surface area contributed by atoms with Crippen LogP contribution in [0.2, 0.25) is 0 Å². The van der Waals surface area contributed by atoms with Crippen LogP contribution >= 0.6 is 23.1 Å². The van der Waals surface area contributed by atoms with Gasteiger partial charge in [0, 0.05) is 39.3 Å². The van der Waals surface area contributed by atoms with Crippen LogP contribution < -0.4 is 5.32 Å². The Hall–Kier alpha value is -1.64. The van der Waals surface area contributed by atoms with Gasteiger partial charge in [-0.2, -0.15) is 0 Å². The summed E-state index contributed by atoms with van der Waals surface area (Å²) in [5, 5.41) is 12.4. The third-order valence-electron chi connectivity index (χ3n) is 4.51. The maximum Gasteiger partial charge on any atom is 0.233 e. The Morgan fingerprint density at radius 3 is 2.70 bits per heavy atom. The van der Waals surface area contributed by atoms with Crippen LogP contribution in [0.1, 0.15) is 25.3 Å². The first kappa shape index (κ1) is 20.1. The van der Waals surface area contributed by atoms with Gasteiger partial charge in [0.05, 0.1) is 5.75 Å². The molecule has 1 fully saturated rings. The molecule has 2 heterocycles. The molecule has 27 heavy (non-hydrogen) atoms. The fourth-order valence-electron chi connectivity index (χ4n) is 2.92. The third-order valence-corrected chi connectivity index (χ3v) is 6.51. The monoisotopic (exact) mass is 405 g/mol. The maximum atomic E-state index is 12.5. The molecule has 0 atom stereocenters. The van der Waals surface area contributed by atoms with Crippen molar-refractivity contribution in [1.29, 1.82) is 0 Å². The average molecular weight is 406 g/mol. The SMILES string of the molecule is CCCCNc1nnc(SCC(=O)N2CCN(Cc3ccccc3)CC2)s1. The van der Waals surface area contributed by atoms with E-state index in [0.717, 1.165) is 61.6 Å². The highest BCUT2D eigenvalue weighted by molar-refractivity contribution is 8.01. The van der Waals surface area contributed by atoms with Crippen LogP contribution in [-0.4, -0.2) is 64.4 Å². The molecular weight excluding hydrogens is 378 g/mol. The first-order valence-electron chi connectivity index (χ1n) is 9.49. The lowest BCUT2D eigenvalue weighted by molar-refractivity contribution is -0.130. The van der Waals surface area contributed by atoms with Crippen LogP contribution in [0.15, 0.2) is 34.7 Å². The average Bonchev–Trinajstić information content (AvgIpc) is 3.15. The highest BCUT2D eigenvalue weighted by Crippen LogP contribution is 2.25. The molecule has 0 unspecified atom stereocenters. The van der Waals surface area contributed by atoms with E-state index >= 15 is 0 Å². The lowest BCUT2D eigenvalue weighted by Crippen LogP contribution is -2.48. The van der Waals surface area contributed by atoms with E-state index in [2.05, 4.69) is 51.6 Å². The fraction of sp³-hybridized carbons (Fsp3) is 0.526. The summed E-state index contributed by atoms with van der Waals surface area (Å²) in [6.07, 6.45) is 2.28. The van der Waals surface area contributed by atoms with Crippen LogP contribution in [0.25, 0.3) is 0 Å². The lowest BCUT2D eigenvalue weighted by atomic mass is 10.2. The molecule has 0 bridgehead atoms. The Balaban J connectivity index is 1.37. The normalized spacial score (nSPS) is 15.1. The van der Waals surface area contributed by atoms with Crippen molar-refractivity contribution in [3.05, 3.63) is 35.9 Å². The molecule has 1 aliphatic rings. The van der Waals surface area contributed by atoms with E-state index in [9.17, 15) is 4.79 Å². The van der Waals surface area contributed by atoms with Crippen molar-refractivity contribution in [3.63, 3.8) is 0 Å². The highest BCUT2D eigenvalue weighted by atomic mass is 32.2. The van der Waals surface area contributed by atoms with E-state index in [1.807, 2.05) is 11.0 Å². The van der Waals surface area contributed by atoms with Crippen LogP contribution in [0, 0.1) is 0 Å². The topological polar surface area (TPSA) is 61.4 Å². The molecule has 3 rings (SSSR count). The van der Waals surface area contributed by atoms with Crippen molar-refractivity contribution in [1.82, 2.24) is 20.0 Å². The number of nitrogens with zero attached hydrogens (tertiary/aromatic N) is 4. The zero-order valence-corrected chi connectivity index (χ0v) is 17.4. The molecule has 0 saturated carbocycles. The predicted molar refractivity (Wildman–Crippen MR) is 112 cm³/mol. The van der Waals surface area contributed by atoms with Crippen molar-refractivity contribution in [2.24, 2.45) is 0 Å². The number of carbonyl (C=O) groups excluding carboxylic acids is 1. The molecule has 1 N–H and O–H groups in total. The maximum absolute atomic E-state index is 12.5. The minimum Gasteiger partial charge on any atom is -0.360 e. The number of piperazine rings is 1. The van der Waals surface area contributed by atoms with Gasteiger partial charge in [0.25, 0.3) is 0 Å². The number of rotatable bonds is 9. The summed E-state index contributed by atoms with van der Waals surface area (Å²) in [4.78, 5) is 16.9. The number of benzene rings is 1. The lowest BCUT2D eigenvalue weighted by Gasteiger charge is -2.34. The number of unbranched alkanes of at least 4 members (excludes halogenated alkanes) is 1. The number of anilines is 1. The van der Waals surface area contributed by atoms with Gasteiger partial charge in [-0.1, -0.05) is 66.8 Å². The highest BCUT2D eigenvalue weighted by Gasteiger charge is 2.21. The third kappa shape index (κ3) is 6.48. The Kier molecular flexibility index (Phi) is 7.92. The molecule has 1 amide bonds. The van der Waals surface area contributed by atoms with Crippen LogP contribution in [0.3, 0.4) is 0 Å². The summed E-state index contributed by atoms with van der Waals surface area (Å²) in [5.41, 5.74) is 1.33. The van der Waals surface area contributed by atoms with Gasteiger partial charge in [0.1, 0.15) is 0 Å². The number of nitrogens with one attached hydrogen (secondary N) is 1. The van der Waals surface area contributed by atoms with Gasteiger partial charge in [0.2, 0.25) is 11.0 Å². The van der Waals surface area contributed by atoms with Gasteiger partial charge in [-0.05, 0) is 12.0 Å². The molecular formula is C19H27N5OS2. The summed E-state index contributed by atoms with van der Waals surface area (Å²) in [6.45, 7) is 7.48. The van der Waals surface area contributed by atoms with Gasteiger partial charge < -0.3 is 10.2 Å². The predicted octanol–water partition coefficient (Wildman–Crippen LogP) is 3.19. The van der Waals surface area contributed by atoms with Crippen molar-refractivity contribution in [2.75, 3.05) is 43.8 Å². The minimum absolute atomic E-state index is 0.190. The number of thioether (sulfide) groups is 1. The molecule has 0 aliphatic carbocycles. The van der Waals surface area contributed by atoms with E-state index in [1.165, 1.54) is 28.7 Å². The standard InChI is InChI=1S/C19H27N5OS2/c1-2-3-9-20-18-21-22-19(27-18)26-15-17(25)24-12-10-23(11-13-24)14-16-7-5-4-6-8-16/h4-8H,2-3,9-15H2,1H3,(H,20,21). The molecule has 1 aromatic carbocycles. The zero-order valence-electron chi connectivity index (χ0n) is 15.8. The largest absolute Gasteiger partial charge is 0.360 e. The Bertz CT molecular complexity index is 701. The molecule has 2 aromatic rings. The second-order valence-electron chi connectivity index (χ2n) is 6.58. The minimum atomic E-state index is 0.190. The second kappa shape index (κ2) is 10.6. The van der Waals surface area contributed by atoms with E-state index in [1.54, 1.807) is 0 Å². The summed E-state index contributed by atoms with van der Waals surface area (Å²) in [6, 6.07) is 10.5. The molecule has 8 heteroatoms. The van der Waals surface area contributed by atoms with Crippen LogP contribution in [0.5, 0.6) is 0 Å². The molecule has 1 aromatic heterocycles. The molecule has 1 saturated heterocycles.